The van der Waals surface area contributed by atoms with Gasteiger partial charge in [-0.1, -0.05) is 67.9 Å². The topological polar surface area (TPSA) is 72.5 Å². The molecule has 1 unspecified atom stereocenters. The highest BCUT2D eigenvalue weighted by Crippen LogP contribution is 2.26. The number of hydrogen-bond donors (Lipinski definition) is 2. The largest absolute Gasteiger partial charge is 0.489 e. The molecule has 0 saturated heterocycles. The zero-order valence-corrected chi connectivity index (χ0v) is 16.7. The summed E-state index contributed by atoms with van der Waals surface area (Å²) in [5, 5.41) is 9.07. The van der Waals surface area contributed by atoms with E-state index in [0.29, 0.717) is 17.9 Å². The maximum Gasteiger partial charge on any atom is 0.307 e. The highest BCUT2D eigenvalue weighted by atomic mass is 16.5. The molecule has 3 aromatic rings. The van der Waals surface area contributed by atoms with Crippen LogP contribution in [0, 0.1) is 0 Å². The van der Waals surface area contributed by atoms with Gasteiger partial charge in [0.1, 0.15) is 12.4 Å². The zero-order valence-electron chi connectivity index (χ0n) is 16.7. The molecule has 3 N–H and O–H groups in total. The summed E-state index contributed by atoms with van der Waals surface area (Å²) in [7, 11) is 0. The van der Waals surface area contributed by atoms with Gasteiger partial charge < -0.3 is 15.6 Å². The molecule has 0 amide bonds. The van der Waals surface area contributed by atoms with Gasteiger partial charge in [0, 0.05) is 11.6 Å². The van der Waals surface area contributed by atoms with Gasteiger partial charge in [-0.2, -0.15) is 0 Å². The number of rotatable bonds is 9. The minimum absolute atomic E-state index is 0.0530. The Bertz CT molecular complexity index is 968. The second kappa shape index (κ2) is 9.89. The van der Waals surface area contributed by atoms with Gasteiger partial charge in [-0.25, -0.2) is 0 Å². The van der Waals surface area contributed by atoms with E-state index in [4.69, 9.17) is 15.6 Å². The smallest absolute Gasteiger partial charge is 0.307 e. The van der Waals surface area contributed by atoms with Crippen molar-refractivity contribution >= 4 is 5.97 Å². The minimum Gasteiger partial charge on any atom is -0.489 e. The molecular formula is C25H27NO3. The molecule has 0 spiro atoms. The van der Waals surface area contributed by atoms with Crippen LogP contribution in [0.3, 0.4) is 0 Å². The highest BCUT2D eigenvalue weighted by Gasteiger charge is 2.09. The molecule has 0 aliphatic rings. The Labute approximate surface area is 172 Å². The summed E-state index contributed by atoms with van der Waals surface area (Å²) in [6.45, 7) is 2.52. The molecule has 4 nitrogen and oxygen atoms in total. The number of aliphatic carboxylic acids is 1. The Balaban J connectivity index is 1.76. The number of hydrogen-bond acceptors (Lipinski definition) is 3. The van der Waals surface area contributed by atoms with Crippen molar-refractivity contribution in [3.05, 3.63) is 89.5 Å². The molecule has 3 aromatic carbocycles. The summed E-state index contributed by atoms with van der Waals surface area (Å²) in [6.07, 6.45) is 1.97. The van der Waals surface area contributed by atoms with Crippen molar-refractivity contribution in [3.8, 4) is 16.9 Å². The molecule has 150 valence electrons. The van der Waals surface area contributed by atoms with Gasteiger partial charge in [0.05, 0.1) is 6.42 Å². The molecule has 0 bridgehead atoms. The average molecular weight is 389 g/mol. The van der Waals surface area contributed by atoms with Crippen LogP contribution in [0.2, 0.25) is 0 Å². The van der Waals surface area contributed by atoms with Crippen molar-refractivity contribution in [1.29, 1.82) is 0 Å². The first-order chi connectivity index (χ1) is 14.1. The number of carbonyl (C=O) groups is 1. The quantitative estimate of drug-likeness (QED) is 0.517. The lowest BCUT2D eigenvalue weighted by Gasteiger charge is -2.13. The van der Waals surface area contributed by atoms with Gasteiger partial charge in [0.25, 0.3) is 0 Å². The summed E-state index contributed by atoms with van der Waals surface area (Å²) >= 11 is 0. The molecule has 0 aliphatic carbocycles. The molecule has 1 atom stereocenters. The second-order valence-corrected chi connectivity index (χ2v) is 7.19. The van der Waals surface area contributed by atoms with Crippen LogP contribution in [0.15, 0.2) is 72.8 Å². The van der Waals surface area contributed by atoms with Crippen molar-refractivity contribution in [2.45, 2.75) is 38.8 Å². The van der Waals surface area contributed by atoms with E-state index in [0.717, 1.165) is 35.1 Å². The van der Waals surface area contributed by atoms with Gasteiger partial charge >= 0.3 is 5.97 Å². The van der Waals surface area contributed by atoms with E-state index >= 15 is 0 Å². The standard InChI is InChI=1S/C25H27NO3/c1-2-7-23(26)21-12-6-11-20(15-21)19-10-5-8-18(14-19)17-29-24-13-4-3-9-22(24)16-25(27)28/h3-6,8-15,23H,2,7,16-17,26H2,1H3,(H,27,28). The molecule has 0 heterocycles. The maximum absolute atomic E-state index is 11.0. The second-order valence-electron chi connectivity index (χ2n) is 7.19. The van der Waals surface area contributed by atoms with Crippen molar-refractivity contribution in [2.75, 3.05) is 0 Å². The Kier molecular flexibility index (Phi) is 7.04. The van der Waals surface area contributed by atoms with Gasteiger partial charge in [0.15, 0.2) is 0 Å². The third kappa shape index (κ3) is 5.69. The van der Waals surface area contributed by atoms with E-state index in [2.05, 4.69) is 37.3 Å². The van der Waals surface area contributed by atoms with E-state index in [1.807, 2.05) is 30.3 Å². The SMILES string of the molecule is CCCC(N)c1cccc(-c2cccc(COc3ccccc3CC(=O)O)c2)c1. The Morgan fingerprint density at radius 3 is 2.48 bits per heavy atom. The van der Waals surface area contributed by atoms with Crippen LogP contribution in [0.1, 0.15) is 42.5 Å². The summed E-state index contributed by atoms with van der Waals surface area (Å²) < 4.78 is 5.93. The summed E-state index contributed by atoms with van der Waals surface area (Å²) in [6, 6.07) is 23.9. The number of para-hydroxylation sites is 1. The molecule has 4 heteroatoms. The molecule has 0 aliphatic heterocycles. The van der Waals surface area contributed by atoms with Crippen LogP contribution < -0.4 is 10.5 Å². The van der Waals surface area contributed by atoms with Crippen molar-refractivity contribution in [1.82, 2.24) is 0 Å². The third-order valence-corrected chi connectivity index (χ3v) is 4.88. The summed E-state index contributed by atoms with van der Waals surface area (Å²) in [5.41, 5.74) is 11.4. The fraction of sp³-hybridized carbons (Fsp3) is 0.240. The maximum atomic E-state index is 11.0. The molecule has 0 aromatic heterocycles. The van der Waals surface area contributed by atoms with Gasteiger partial charge in [-0.05, 0) is 46.9 Å². The van der Waals surface area contributed by atoms with Crippen molar-refractivity contribution in [2.24, 2.45) is 5.73 Å². The molecular weight excluding hydrogens is 362 g/mol. The first-order valence-corrected chi connectivity index (χ1v) is 9.94. The van der Waals surface area contributed by atoms with E-state index < -0.39 is 5.97 Å². The predicted octanol–water partition coefficient (Wildman–Crippen LogP) is 5.36. The van der Waals surface area contributed by atoms with Gasteiger partial charge in [-0.15, -0.1) is 0 Å². The van der Waals surface area contributed by atoms with Crippen LogP contribution in [0.4, 0.5) is 0 Å². The summed E-state index contributed by atoms with van der Waals surface area (Å²) in [5.74, 6) is -0.267. The molecule has 0 fully saturated rings. The van der Waals surface area contributed by atoms with Crippen LogP contribution >= 0.6 is 0 Å². The Hall–Kier alpha value is -3.11. The van der Waals surface area contributed by atoms with Crippen LogP contribution in [-0.2, 0) is 17.8 Å². The van der Waals surface area contributed by atoms with Gasteiger partial charge in [-0.3, -0.25) is 4.79 Å². The molecule has 3 rings (SSSR count). The van der Waals surface area contributed by atoms with Crippen LogP contribution in [0.5, 0.6) is 5.75 Å². The van der Waals surface area contributed by atoms with Crippen molar-refractivity contribution in [3.63, 3.8) is 0 Å². The van der Waals surface area contributed by atoms with E-state index in [1.54, 1.807) is 12.1 Å². The third-order valence-electron chi connectivity index (χ3n) is 4.88. The van der Waals surface area contributed by atoms with Crippen LogP contribution in [-0.4, -0.2) is 11.1 Å². The van der Waals surface area contributed by atoms with Crippen LogP contribution in [0.25, 0.3) is 11.1 Å². The lowest BCUT2D eigenvalue weighted by Crippen LogP contribution is -2.09. The predicted molar refractivity (Wildman–Crippen MR) is 116 cm³/mol. The molecule has 29 heavy (non-hydrogen) atoms. The molecule has 0 saturated carbocycles. The number of nitrogens with two attached hydrogens (primary N) is 1. The average Bonchev–Trinajstić information content (AvgIpc) is 2.73. The zero-order chi connectivity index (χ0) is 20.6. The number of carboxylic acids is 1. The van der Waals surface area contributed by atoms with E-state index in [1.165, 1.54) is 0 Å². The lowest BCUT2D eigenvalue weighted by molar-refractivity contribution is -0.136. The molecule has 0 radical (unpaired) electrons. The Morgan fingerprint density at radius 2 is 1.72 bits per heavy atom. The number of carboxylic acid groups (broad SMARTS) is 1. The Morgan fingerprint density at radius 1 is 1.00 bits per heavy atom. The van der Waals surface area contributed by atoms with Gasteiger partial charge in [0.2, 0.25) is 0 Å². The van der Waals surface area contributed by atoms with Crippen molar-refractivity contribution < 1.29 is 14.6 Å². The fourth-order valence-electron chi connectivity index (χ4n) is 3.38. The monoisotopic (exact) mass is 389 g/mol. The normalized spacial score (nSPS) is 11.8. The highest BCUT2D eigenvalue weighted by molar-refractivity contribution is 5.71. The first kappa shape index (κ1) is 20.6. The number of benzene rings is 3. The van der Waals surface area contributed by atoms with E-state index in [9.17, 15) is 4.79 Å². The number of ether oxygens (including phenoxy) is 1. The minimum atomic E-state index is -0.871. The first-order valence-electron chi connectivity index (χ1n) is 9.94. The van der Waals surface area contributed by atoms with E-state index in [-0.39, 0.29) is 12.5 Å². The fourth-order valence-corrected chi connectivity index (χ4v) is 3.38. The lowest BCUT2D eigenvalue weighted by atomic mass is 9.97. The summed E-state index contributed by atoms with van der Waals surface area (Å²) in [4.78, 5) is 11.0.